The number of hydrogen-bond donors (Lipinski definition) is 0. The molecule has 0 heterocycles. The van der Waals surface area contributed by atoms with Gasteiger partial charge in [-0.3, -0.25) is 9.79 Å². The van der Waals surface area contributed by atoms with Gasteiger partial charge in [0, 0.05) is 12.6 Å². The summed E-state index contributed by atoms with van der Waals surface area (Å²) in [6, 6.07) is 9.71. The molecule has 26 heavy (non-hydrogen) atoms. The van der Waals surface area contributed by atoms with Gasteiger partial charge in [0.15, 0.2) is 5.54 Å². The summed E-state index contributed by atoms with van der Waals surface area (Å²) in [6.45, 7) is 6.20. The molecule has 0 radical (unpaired) electrons. The lowest BCUT2D eigenvalue weighted by Crippen LogP contribution is -2.35. The third-order valence-electron chi connectivity index (χ3n) is 4.11. The minimum Gasteiger partial charge on any atom is -0.466 e. The zero-order valence-electron chi connectivity index (χ0n) is 16.2. The van der Waals surface area contributed by atoms with Crippen LogP contribution in [0.5, 0.6) is 0 Å². The van der Waals surface area contributed by atoms with Crippen LogP contribution >= 0.6 is 0 Å². The molecule has 1 unspecified atom stereocenters. The number of esters is 2. The molecular formula is C21H31NO4. The number of carbonyl (C=O) groups excluding carboxylic acids is 2. The Morgan fingerprint density at radius 2 is 1.65 bits per heavy atom. The minimum atomic E-state index is -0.882. The fourth-order valence-electron chi connectivity index (χ4n) is 2.59. The van der Waals surface area contributed by atoms with Crippen molar-refractivity contribution in [2.45, 2.75) is 64.8 Å². The fourth-order valence-corrected chi connectivity index (χ4v) is 2.59. The van der Waals surface area contributed by atoms with Crippen molar-refractivity contribution in [2.24, 2.45) is 4.99 Å². The number of aliphatic imine (C=N–C) groups is 1. The molecule has 0 fully saturated rings. The number of unbranched alkanes of at least 4 members (excludes halogenated alkanes) is 3. The molecule has 0 N–H and O–H groups in total. The van der Waals surface area contributed by atoms with Crippen molar-refractivity contribution in [1.82, 2.24) is 0 Å². The molecule has 1 aromatic carbocycles. The molecule has 0 saturated carbocycles. The minimum absolute atomic E-state index is 0.142. The molecule has 1 aromatic rings. The van der Waals surface area contributed by atoms with Gasteiger partial charge in [-0.05, 0) is 39.2 Å². The van der Waals surface area contributed by atoms with Crippen LogP contribution in [-0.2, 0) is 19.1 Å². The molecule has 1 rings (SSSR count). The van der Waals surface area contributed by atoms with E-state index in [0.717, 1.165) is 31.2 Å². The van der Waals surface area contributed by atoms with Crippen molar-refractivity contribution in [3.05, 3.63) is 35.9 Å². The Hall–Kier alpha value is -2.17. The molecule has 0 aliphatic rings. The Balaban J connectivity index is 2.51. The van der Waals surface area contributed by atoms with Gasteiger partial charge < -0.3 is 9.47 Å². The van der Waals surface area contributed by atoms with Gasteiger partial charge >= 0.3 is 11.9 Å². The lowest BCUT2D eigenvalue weighted by molar-refractivity contribution is -0.149. The van der Waals surface area contributed by atoms with Gasteiger partial charge in [0.25, 0.3) is 0 Å². The average molecular weight is 361 g/mol. The Kier molecular flexibility index (Phi) is 10.3. The third-order valence-corrected chi connectivity index (χ3v) is 4.11. The topological polar surface area (TPSA) is 65.0 Å². The first-order valence-corrected chi connectivity index (χ1v) is 9.45. The fraction of sp³-hybridized carbons (Fsp3) is 0.571. The molecule has 0 aliphatic carbocycles. The molecule has 0 bridgehead atoms. The molecule has 144 valence electrons. The SMILES string of the molecule is CCOC(=O)CCCCCCC(C)(N=Cc1ccccc1)C(=O)OCC. The van der Waals surface area contributed by atoms with Crippen molar-refractivity contribution in [2.75, 3.05) is 13.2 Å². The van der Waals surface area contributed by atoms with Gasteiger partial charge in [-0.2, -0.15) is 0 Å². The monoisotopic (exact) mass is 361 g/mol. The van der Waals surface area contributed by atoms with Crippen molar-refractivity contribution >= 4 is 18.2 Å². The van der Waals surface area contributed by atoms with Crippen LogP contribution < -0.4 is 0 Å². The first-order chi connectivity index (χ1) is 12.5. The summed E-state index contributed by atoms with van der Waals surface area (Å²) in [5.41, 5.74) is 0.0740. The standard InChI is InChI=1S/C21H31NO4/c1-4-25-19(23)15-11-6-7-12-16-21(3,20(24)26-5-2)22-17-18-13-9-8-10-14-18/h8-10,13-14,17H,4-7,11-12,15-16H2,1-3H3. The number of hydrogen-bond acceptors (Lipinski definition) is 5. The van der Waals surface area contributed by atoms with Crippen LogP contribution in [0.2, 0.25) is 0 Å². The maximum Gasteiger partial charge on any atom is 0.333 e. The first kappa shape index (κ1) is 21.9. The zero-order valence-corrected chi connectivity index (χ0v) is 16.2. The van der Waals surface area contributed by atoms with E-state index in [1.165, 1.54) is 0 Å². The predicted octanol–water partition coefficient (Wildman–Crippen LogP) is 4.33. The molecule has 1 atom stereocenters. The van der Waals surface area contributed by atoms with Crippen LogP contribution in [-0.4, -0.2) is 36.9 Å². The van der Waals surface area contributed by atoms with E-state index in [9.17, 15) is 9.59 Å². The number of nitrogens with zero attached hydrogens (tertiary/aromatic N) is 1. The number of benzene rings is 1. The van der Waals surface area contributed by atoms with Crippen LogP contribution in [0.1, 0.15) is 64.9 Å². The van der Waals surface area contributed by atoms with Gasteiger partial charge in [0.05, 0.1) is 13.2 Å². The zero-order chi connectivity index (χ0) is 19.3. The summed E-state index contributed by atoms with van der Waals surface area (Å²) < 4.78 is 10.1. The molecule has 5 nitrogen and oxygen atoms in total. The molecule has 0 saturated heterocycles. The second-order valence-corrected chi connectivity index (χ2v) is 6.38. The van der Waals surface area contributed by atoms with Gasteiger partial charge in [-0.15, -0.1) is 0 Å². The maximum atomic E-state index is 12.4. The van der Waals surface area contributed by atoms with Crippen molar-refractivity contribution < 1.29 is 19.1 Å². The normalized spacial score (nSPS) is 13.3. The van der Waals surface area contributed by atoms with E-state index in [1.54, 1.807) is 13.1 Å². The second-order valence-electron chi connectivity index (χ2n) is 6.38. The summed E-state index contributed by atoms with van der Waals surface area (Å²) >= 11 is 0. The Labute approximate surface area is 156 Å². The highest BCUT2D eigenvalue weighted by Crippen LogP contribution is 2.22. The lowest BCUT2D eigenvalue weighted by atomic mass is 9.94. The van der Waals surface area contributed by atoms with E-state index in [-0.39, 0.29) is 11.9 Å². The van der Waals surface area contributed by atoms with Gasteiger partial charge in [0.1, 0.15) is 0 Å². The van der Waals surface area contributed by atoms with E-state index in [0.29, 0.717) is 26.1 Å². The Bertz CT molecular complexity index is 571. The summed E-state index contributed by atoms with van der Waals surface area (Å²) in [7, 11) is 0. The summed E-state index contributed by atoms with van der Waals surface area (Å²) in [6.07, 6.45) is 6.34. The van der Waals surface area contributed by atoms with E-state index < -0.39 is 5.54 Å². The van der Waals surface area contributed by atoms with E-state index in [2.05, 4.69) is 4.99 Å². The lowest BCUT2D eigenvalue weighted by Gasteiger charge is -2.23. The van der Waals surface area contributed by atoms with E-state index in [4.69, 9.17) is 9.47 Å². The largest absolute Gasteiger partial charge is 0.466 e. The number of rotatable bonds is 12. The van der Waals surface area contributed by atoms with Gasteiger partial charge in [0.2, 0.25) is 0 Å². The third kappa shape index (κ3) is 8.28. The van der Waals surface area contributed by atoms with Crippen molar-refractivity contribution in [3.63, 3.8) is 0 Å². The first-order valence-electron chi connectivity index (χ1n) is 9.45. The maximum absolute atomic E-state index is 12.4. The summed E-state index contributed by atoms with van der Waals surface area (Å²) in [5, 5.41) is 0. The van der Waals surface area contributed by atoms with E-state index >= 15 is 0 Å². The molecule has 0 aromatic heterocycles. The second kappa shape index (κ2) is 12.2. The molecule has 0 aliphatic heterocycles. The summed E-state index contributed by atoms with van der Waals surface area (Å²) in [5.74, 6) is -0.435. The van der Waals surface area contributed by atoms with Crippen molar-refractivity contribution in [1.29, 1.82) is 0 Å². The highest BCUT2D eigenvalue weighted by molar-refractivity contribution is 5.86. The predicted molar refractivity (Wildman–Crippen MR) is 103 cm³/mol. The quantitative estimate of drug-likeness (QED) is 0.316. The average Bonchev–Trinajstić information content (AvgIpc) is 2.64. The van der Waals surface area contributed by atoms with Crippen LogP contribution in [0.3, 0.4) is 0 Å². The highest BCUT2D eigenvalue weighted by atomic mass is 16.5. The number of carbonyl (C=O) groups is 2. The molecule has 0 spiro atoms. The molecular weight excluding hydrogens is 330 g/mol. The highest BCUT2D eigenvalue weighted by Gasteiger charge is 2.33. The molecule has 5 heteroatoms. The molecule has 0 amide bonds. The van der Waals surface area contributed by atoms with Crippen LogP contribution in [0.15, 0.2) is 35.3 Å². The Morgan fingerprint density at radius 3 is 2.31 bits per heavy atom. The van der Waals surface area contributed by atoms with Gasteiger partial charge in [-0.25, -0.2) is 4.79 Å². The van der Waals surface area contributed by atoms with Crippen LogP contribution in [0.25, 0.3) is 0 Å². The summed E-state index contributed by atoms with van der Waals surface area (Å²) in [4.78, 5) is 28.2. The smallest absolute Gasteiger partial charge is 0.333 e. The van der Waals surface area contributed by atoms with Crippen molar-refractivity contribution in [3.8, 4) is 0 Å². The number of ether oxygens (including phenoxy) is 2. The van der Waals surface area contributed by atoms with E-state index in [1.807, 2.05) is 44.2 Å². The Morgan fingerprint density at radius 1 is 1.00 bits per heavy atom. The van der Waals surface area contributed by atoms with Crippen LogP contribution in [0, 0.1) is 0 Å². The van der Waals surface area contributed by atoms with Crippen LogP contribution in [0.4, 0.5) is 0 Å². The van der Waals surface area contributed by atoms with Gasteiger partial charge in [-0.1, -0.05) is 49.6 Å².